The minimum Gasteiger partial charge on any atom is -0.378 e. The van der Waals surface area contributed by atoms with E-state index in [0.717, 1.165) is 30.4 Å². The van der Waals surface area contributed by atoms with E-state index in [0.29, 0.717) is 16.6 Å². The minimum atomic E-state index is -3.77. The topological polar surface area (TPSA) is 58.2 Å². The molecule has 4 nitrogen and oxygen atoms in total. The molecule has 0 bridgehead atoms. The van der Waals surface area contributed by atoms with Gasteiger partial charge in [-0.3, -0.25) is 0 Å². The molecule has 1 aliphatic heterocycles. The molecule has 2 aromatic rings. The minimum absolute atomic E-state index is 0.0213. The molecule has 4 rings (SSSR count). The Balaban J connectivity index is 1.62. The van der Waals surface area contributed by atoms with Gasteiger partial charge in [-0.2, -0.15) is 0 Å². The monoisotopic (exact) mass is 532 g/mol. The third-order valence-electron chi connectivity index (χ3n) is 6.06. The summed E-state index contributed by atoms with van der Waals surface area (Å²) in [7, 11) is -3.77. The van der Waals surface area contributed by atoms with Gasteiger partial charge < -0.3 is 5.32 Å². The maximum absolute atomic E-state index is 14.6. The Labute approximate surface area is 194 Å². The number of benzene rings is 2. The van der Waals surface area contributed by atoms with Gasteiger partial charge in [-0.15, -0.1) is 0 Å². The average molecular weight is 534 g/mol. The summed E-state index contributed by atoms with van der Waals surface area (Å²) in [6, 6.07) is 7.52. The largest absolute Gasteiger partial charge is 0.378 e. The summed E-state index contributed by atoms with van der Waals surface area (Å²) in [5, 5.41) is 3.79. The van der Waals surface area contributed by atoms with E-state index in [1.165, 1.54) is 24.3 Å². The normalized spacial score (nSPS) is 23.1. The molecule has 1 saturated carbocycles. The lowest BCUT2D eigenvalue weighted by molar-refractivity contribution is 0.344. The molecule has 2 N–H and O–H groups in total. The third kappa shape index (κ3) is 3.69. The van der Waals surface area contributed by atoms with Gasteiger partial charge in [0, 0.05) is 22.5 Å². The van der Waals surface area contributed by atoms with E-state index < -0.39 is 15.4 Å². The smallest absolute Gasteiger partial charge is 0.240 e. The van der Waals surface area contributed by atoms with Gasteiger partial charge in [-0.25, -0.2) is 17.5 Å². The van der Waals surface area contributed by atoms with Crippen LogP contribution in [0.15, 0.2) is 51.9 Å². The first-order valence-corrected chi connectivity index (χ1v) is 12.6. The van der Waals surface area contributed by atoms with Gasteiger partial charge in [0.2, 0.25) is 10.0 Å². The van der Waals surface area contributed by atoms with E-state index in [-0.39, 0.29) is 33.3 Å². The van der Waals surface area contributed by atoms with E-state index in [1.807, 2.05) is 6.07 Å². The van der Waals surface area contributed by atoms with Gasteiger partial charge in [0.1, 0.15) is 5.82 Å². The lowest BCUT2D eigenvalue weighted by atomic mass is 9.63. The van der Waals surface area contributed by atoms with Crippen LogP contribution in [0, 0.1) is 5.82 Å². The molecule has 0 spiro atoms. The Kier molecular flexibility index (Phi) is 5.96. The second-order valence-electron chi connectivity index (χ2n) is 7.70. The predicted molar refractivity (Wildman–Crippen MR) is 122 cm³/mol. The van der Waals surface area contributed by atoms with Gasteiger partial charge in [0.25, 0.3) is 0 Å². The molecule has 1 aliphatic carbocycles. The first kappa shape index (κ1) is 22.1. The Morgan fingerprint density at radius 1 is 1.27 bits per heavy atom. The maximum Gasteiger partial charge on any atom is 0.240 e. The van der Waals surface area contributed by atoms with Crippen LogP contribution in [-0.2, 0) is 15.4 Å². The highest BCUT2D eigenvalue weighted by molar-refractivity contribution is 9.10. The van der Waals surface area contributed by atoms with Crippen LogP contribution in [0.4, 0.5) is 10.1 Å². The second-order valence-corrected chi connectivity index (χ2v) is 11.2. The van der Waals surface area contributed by atoms with E-state index in [9.17, 15) is 12.8 Å². The summed E-state index contributed by atoms with van der Waals surface area (Å²) >= 11 is 15.2. The van der Waals surface area contributed by atoms with Crippen LogP contribution in [0.25, 0.3) is 0 Å². The quantitative estimate of drug-likeness (QED) is 0.461. The predicted octanol–water partition coefficient (Wildman–Crippen LogP) is 6.04. The van der Waals surface area contributed by atoms with E-state index in [4.69, 9.17) is 23.2 Å². The Hall–Kier alpha value is -1.12. The zero-order chi connectivity index (χ0) is 21.7. The zero-order valence-corrected chi connectivity index (χ0v) is 19.9. The van der Waals surface area contributed by atoms with Crippen LogP contribution in [0.3, 0.4) is 0 Å². The average Bonchev–Trinajstić information content (AvgIpc) is 3.00. The van der Waals surface area contributed by atoms with Gasteiger partial charge in [0.05, 0.1) is 20.6 Å². The lowest BCUT2D eigenvalue weighted by Crippen LogP contribution is -2.45. The number of sulfonamides is 1. The van der Waals surface area contributed by atoms with Crippen molar-refractivity contribution in [2.45, 2.75) is 42.0 Å². The van der Waals surface area contributed by atoms with Crippen molar-refractivity contribution in [3.05, 3.63) is 68.4 Å². The van der Waals surface area contributed by atoms with Gasteiger partial charge in [0.15, 0.2) is 0 Å². The fourth-order valence-electron chi connectivity index (χ4n) is 4.65. The fraction of sp³-hybridized carbons (Fsp3) is 0.333. The number of anilines is 1. The summed E-state index contributed by atoms with van der Waals surface area (Å²) in [4.78, 5) is 0.0483. The van der Waals surface area contributed by atoms with Crippen LogP contribution < -0.4 is 10.0 Å². The Morgan fingerprint density at radius 3 is 2.77 bits per heavy atom. The van der Waals surface area contributed by atoms with Crippen molar-refractivity contribution in [3.63, 3.8) is 0 Å². The Bertz CT molecular complexity index is 1140. The number of halogens is 4. The molecule has 2 aliphatic rings. The highest BCUT2D eigenvalue weighted by Gasteiger charge is 2.50. The van der Waals surface area contributed by atoms with Crippen molar-refractivity contribution in [2.75, 3.05) is 11.9 Å². The summed E-state index contributed by atoms with van der Waals surface area (Å²) in [5.74, 6) is -0.322. The van der Waals surface area contributed by atoms with Crippen LogP contribution in [0.2, 0.25) is 10.0 Å². The van der Waals surface area contributed by atoms with Gasteiger partial charge in [-0.1, -0.05) is 51.3 Å². The van der Waals surface area contributed by atoms with Crippen molar-refractivity contribution in [1.29, 1.82) is 0 Å². The zero-order valence-electron chi connectivity index (χ0n) is 15.9. The molecule has 1 heterocycles. The molecule has 0 unspecified atom stereocenters. The molecule has 2 aromatic carbocycles. The molecular weight excluding hydrogens is 514 g/mol. The fourth-order valence-corrected chi connectivity index (χ4v) is 6.50. The number of nitrogens with one attached hydrogen (secondary N) is 2. The summed E-state index contributed by atoms with van der Waals surface area (Å²) in [6.45, 7) is 4.47. The Morgan fingerprint density at radius 2 is 2.03 bits per heavy atom. The first-order chi connectivity index (χ1) is 14.1. The van der Waals surface area contributed by atoms with E-state index in [2.05, 4.69) is 32.5 Å². The van der Waals surface area contributed by atoms with Crippen molar-refractivity contribution in [1.82, 2.24) is 4.72 Å². The summed E-state index contributed by atoms with van der Waals surface area (Å²) in [6.07, 6.45) is 3.12. The molecule has 0 aromatic heterocycles. The maximum atomic E-state index is 14.6. The van der Waals surface area contributed by atoms with Crippen LogP contribution in [0.5, 0.6) is 0 Å². The van der Waals surface area contributed by atoms with Crippen LogP contribution in [-0.4, -0.2) is 21.0 Å². The molecule has 0 saturated heterocycles. The number of fused-ring (bicyclic) bond motifs is 3. The van der Waals surface area contributed by atoms with E-state index in [1.54, 1.807) is 0 Å². The van der Waals surface area contributed by atoms with Crippen molar-refractivity contribution < 1.29 is 12.8 Å². The molecule has 30 heavy (non-hydrogen) atoms. The highest BCUT2D eigenvalue weighted by atomic mass is 79.9. The molecule has 1 fully saturated rings. The molecule has 2 atom stereocenters. The first-order valence-electron chi connectivity index (χ1n) is 9.54. The number of rotatable bonds is 5. The van der Waals surface area contributed by atoms with Crippen LogP contribution in [0.1, 0.15) is 31.2 Å². The van der Waals surface area contributed by atoms with Crippen molar-refractivity contribution in [2.24, 2.45) is 0 Å². The van der Waals surface area contributed by atoms with E-state index >= 15 is 0 Å². The summed E-state index contributed by atoms with van der Waals surface area (Å²) in [5.41, 5.74) is 1.78. The van der Waals surface area contributed by atoms with Crippen molar-refractivity contribution >= 4 is 54.8 Å². The number of hydrogen-bond acceptors (Lipinski definition) is 3. The van der Waals surface area contributed by atoms with Crippen LogP contribution >= 0.6 is 39.1 Å². The van der Waals surface area contributed by atoms with Crippen molar-refractivity contribution in [3.8, 4) is 0 Å². The molecule has 0 radical (unpaired) electrons. The van der Waals surface area contributed by atoms with Gasteiger partial charge in [-0.05, 0) is 61.6 Å². The molecular formula is C21H20BrCl2FN2O2S. The SMILES string of the molecule is C=C1CCC[C@@H]2Nc3c(F)cc(Br)cc3[C@]12CCNS(=O)(=O)c1ccc(Cl)c(Cl)c1. The third-order valence-corrected chi connectivity index (χ3v) is 8.72. The second kappa shape index (κ2) is 8.10. The molecule has 0 amide bonds. The lowest BCUT2D eigenvalue weighted by Gasteiger charge is -2.42. The molecule has 160 valence electrons. The van der Waals surface area contributed by atoms with Gasteiger partial charge >= 0.3 is 0 Å². The standard InChI is InChI=1S/C21H20BrCl2FN2O2S/c1-12-3-2-4-19-21(12,15-9-13(22)10-18(25)20(15)27-19)7-8-26-30(28,29)14-5-6-16(23)17(24)11-14/h5-6,9-11,19,26-27H,1-4,7-8H2/t19-,21-/m0/s1. The number of hydrogen-bond donors (Lipinski definition) is 2. The molecule has 9 heteroatoms. The highest BCUT2D eigenvalue weighted by Crippen LogP contribution is 2.54. The summed E-state index contributed by atoms with van der Waals surface area (Å²) < 4.78 is 43.4.